The Morgan fingerprint density at radius 1 is 1.25 bits per heavy atom. The first kappa shape index (κ1) is 12.7. The van der Waals surface area contributed by atoms with Crippen molar-refractivity contribution in [2.24, 2.45) is 0 Å². The van der Waals surface area contributed by atoms with E-state index in [2.05, 4.69) is 10.0 Å². The number of hydrogen-bond donors (Lipinski definition) is 2. The summed E-state index contributed by atoms with van der Waals surface area (Å²) < 4.78 is 25.5. The highest BCUT2D eigenvalue weighted by atomic mass is 32.2. The molecule has 6 heteroatoms. The summed E-state index contributed by atoms with van der Waals surface area (Å²) in [5.74, 6) is -0.243. The Hall–Kier alpha value is -1.40. The first-order valence-electron chi connectivity index (χ1n) is 4.83. The molecule has 0 spiro atoms. The molecule has 0 radical (unpaired) electrons. The molecule has 0 saturated carbocycles. The Bertz CT molecular complexity index is 465. The van der Waals surface area contributed by atoms with E-state index >= 15 is 0 Å². The van der Waals surface area contributed by atoms with E-state index < -0.39 is 10.0 Å². The molecule has 1 aromatic carbocycles. The van der Waals surface area contributed by atoms with Gasteiger partial charge in [-0.15, -0.1) is 0 Å². The molecule has 0 atom stereocenters. The molecule has 0 unspecified atom stereocenters. The zero-order valence-electron chi connectivity index (χ0n) is 9.15. The lowest BCUT2D eigenvalue weighted by atomic mass is 10.2. The summed E-state index contributed by atoms with van der Waals surface area (Å²) in [6.45, 7) is 2.04. The van der Waals surface area contributed by atoms with Crippen LogP contribution < -0.4 is 10.0 Å². The van der Waals surface area contributed by atoms with E-state index in [0.29, 0.717) is 12.1 Å². The maximum atomic E-state index is 11.6. The monoisotopic (exact) mass is 242 g/mol. The van der Waals surface area contributed by atoms with Crippen LogP contribution in [-0.4, -0.2) is 27.9 Å². The predicted molar refractivity (Wildman–Crippen MR) is 60.7 cm³/mol. The summed E-state index contributed by atoms with van der Waals surface area (Å²) >= 11 is 0. The summed E-state index contributed by atoms with van der Waals surface area (Å²) in [5.41, 5.74) is 0.429. The van der Waals surface area contributed by atoms with Crippen LogP contribution in [0.5, 0.6) is 0 Å². The van der Waals surface area contributed by atoms with Gasteiger partial charge in [0.25, 0.3) is 5.91 Å². The maximum Gasteiger partial charge on any atom is 0.251 e. The Labute approximate surface area is 94.9 Å². The largest absolute Gasteiger partial charge is 0.355 e. The third-order valence-electron chi connectivity index (χ3n) is 1.99. The number of sulfonamides is 1. The SMILES string of the molecule is CCNS(=O)(=O)c1ccc(C(=O)NC)cc1. The van der Waals surface area contributed by atoms with E-state index in [4.69, 9.17) is 0 Å². The zero-order valence-corrected chi connectivity index (χ0v) is 9.97. The molecule has 0 aliphatic heterocycles. The van der Waals surface area contributed by atoms with Crippen molar-refractivity contribution in [1.82, 2.24) is 10.0 Å². The van der Waals surface area contributed by atoms with E-state index in [1.165, 1.54) is 31.3 Å². The molecule has 0 aliphatic rings. The van der Waals surface area contributed by atoms with Crippen LogP contribution in [-0.2, 0) is 10.0 Å². The molecular formula is C10H14N2O3S. The second-order valence-corrected chi connectivity index (χ2v) is 4.87. The van der Waals surface area contributed by atoms with Crippen molar-refractivity contribution in [3.8, 4) is 0 Å². The quantitative estimate of drug-likeness (QED) is 0.799. The van der Waals surface area contributed by atoms with Crippen LogP contribution in [0, 0.1) is 0 Å². The summed E-state index contributed by atoms with van der Waals surface area (Å²) in [6.07, 6.45) is 0. The number of benzene rings is 1. The van der Waals surface area contributed by atoms with Crippen LogP contribution in [0.15, 0.2) is 29.2 Å². The van der Waals surface area contributed by atoms with Gasteiger partial charge < -0.3 is 5.32 Å². The average molecular weight is 242 g/mol. The van der Waals surface area contributed by atoms with Crippen molar-refractivity contribution in [2.75, 3.05) is 13.6 Å². The molecule has 88 valence electrons. The van der Waals surface area contributed by atoms with Crippen molar-refractivity contribution < 1.29 is 13.2 Å². The Kier molecular flexibility index (Phi) is 4.03. The van der Waals surface area contributed by atoms with Gasteiger partial charge in [0.05, 0.1) is 4.90 Å². The normalized spacial score (nSPS) is 11.1. The lowest BCUT2D eigenvalue weighted by molar-refractivity contribution is 0.0963. The molecule has 0 aromatic heterocycles. The summed E-state index contributed by atoms with van der Waals surface area (Å²) in [5, 5.41) is 2.46. The van der Waals surface area contributed by atoms with Crippen molar-refractivity contribution in [1.29, 1.82) is 0 Å². The minimum absolute atomic E-state index is 0.155. The standard InChI is InChI=1S/C10H14N2O3S/c1-3-12-16(14,15)9-6-4-8(5-7-9)10(13)11-2/h4-7,12H,3H2,1-2H3,(H,11,13). The molecule has 5 nitrogen and oxygen atoms in total. The molecule has 1 rings (SSSR count). The molecule has 0 fully saturated rings. The number of carbonyl (C=O) groups is 1. The summed E-state index contributed by atoms with van der Waals surface area (Å²) in [4.78, 5) is 11.4. The fraction of sp³-hybridized carbons (Fsp3) is 0.300. The van der Waals surface area contributed by atoms with Gasteiger partial charge in [-0.1, -0.05) is 6.92 Å². The van der Waals surface area contributed by atoms with Crippen LogP contribution in [0.3, 0.4) is 0 Å². The number of hydrogen-bond acceptors (Lipinski definition) is 3. The molecule has 1 aromatic rings. The van der Waals surface area contributed by atoms with Crippen LogP contribution >= 0.6 is 0 Å². The lowest BCUT2D eigenvalue weighted by Gasteiger charge is -2.05. The van der Waals surface area contributed by atoms with Gasteiger partial charge in [0, 0.05) is 19.2 Å². The van der Waals surface area contributed by atoms with Gasteiger partial charge >= 0.3 is 0 Å². The summed E-state index contributed by atoms with van der Waals surface area (Å²) in [7, 11) is -1.92. The van der Waals surface area contributed by atoms with Crippen molar-refractivity contribution in [2.45, 2.75) is 11.8 Å². The van der Waals surface area contributed by atoms with Gasteiger partial charge in [-0.05, 0) is 24.3 Å². The zero-order chi connectivity index (χ0) is 12.2. The van der Waals surface area contributed by atoms with Gasteiger partial charge in [0.1, 0.15) is 0 Å². The Morgan fingerprint density at radius 3 is 2.25 bits per heavy atom. The topological polar surface area (TPSA) is 75.3 Å². The molecule has 2 N–H and O–H groups in total. The Balaban J connectivity index is 3.00. The van der Waals surface area contributed by atoms with Gasteiger partial charge in [0.15, 0.2) is 0 Å². The van der Waals surface area contributed by atoms with Crippen LogP contribution in [0.2, 0.25) is 0 Å². The van der Waals surface area contributed by atoms with E-state index in [1.54, 1.807) is 6.92 Å². The van der Waals surface area contributed by atoms with E-state index in [0.717, 1.165) is 0 Å². The minimum atomic E-state index is -3.44. The molecule has 0 heterocycles. The van der Waals surface area contributed by atoms with Gasteiger partial charge in [0.2, 0.25) is 10.0 Å². The molecule has 0 saturated heterocycles. The number of rotatable bonds is 4. The van der Waals surface area contributed by atoms with Crippen LogP contribution in [0.1, 0.15) is 17.3 Å². The van der Waals surface area contributed by atoms with Gasteiger partial charge in [-0.25, -0.2) is 13.1 Å². The molecular weight excluding hydrogens is 228 g/mol. The van der Waals surface area contributed by atoms with Gasteiger partial charge in [-0.2, -0.15) is 0 Å². The molecule has 0 aliphatic carbocycles. The van der Waals surface area contributed by atoms with Crippen molar-refractivity contribution in [3.63, 3.8) is 0 Å². The number of carbonyl (C=O) groups excluding carboxylic acids is 1. The summed E-state index contributed by atoms with van der Waals surface area (Å²) in [6, 6.07) is 5.76. The fourth-order valence-corrected chi connectivity index (χ4v) is 2.24. The second-order valence-electron chi connectivity index (χ2n) is 3.10. The molecule has 1 amide bonds. The fourth-order valence-electron chi connectivity index (χ4n) is 1.20. The van der Waals surface area contributed by atoms with Crippen LogP contribution in [0.4, 0.5) is 0 Å². The van der Waals surface area contributed by atoms with Crippen LogP contribution in [0.25, 0.3) is 0 Å². The minimum Gasteiger partial charge on any atom is -0.355 e. The highest BCUT2D eigenvalue weighted by Crippen LogP contribution is 2.10. The van der Waals surface area contributed by atoms with Crippen molar-refractivity contribution >= 4 is 15.9 Å². The number of amides is 1. The molecule has 16 heavy (non-hydrogen) atoms. The Morgan fingerprint density at radius 2 is 1.81 bits per heavy atom. The first-order chi connectivity index (χ1) is 7.51. The van der Waals surface area contributed by atoms with Gasteiger partial charge in [-0.3, -0.25) is 4.79 Å². The van der Waals surface area contributed by atoms with E-state index in [9.17, 15) is 13.2 Å². The highest BCUT2D eigenvalue weighted by Gasteiger charge is 2.12. The molecule has 0 bridgehead atoms. The predicted octanol–water partition coefficient (Wildman–Crippen LogP) is 0.344. The lowest BCUT2D eigenvalue weighted by Crippen LogP contribution is -2.23. The van der Waals surface area contributed by atoms with E-state index in [1.807, 2.05) is 0 Å². The van der Waals surface area contributed by atoms with E-state index in [-0.39, 0.29) is 10.8 Å². The van der Waals surface area contributed by atoms with Crippen molar-refractivity contribution in [3.05, 3.63) is 29.8 Å². The highest BCUT2D eigenvalue weighted by molar-refractivity contribution is 7.89. The maximum absolute atomic E-state index is 11.6. The third-order valence-corrected chi connectivity index (χ3v) is 3.55. The first-order valence-corrected chi connectivity index (χ1v) is 6.31. The number of nitrogens with one attached hydrogen (secondary N) is 2. The smallest absolute Gasteiger partial charge is 0.251 e. The third kappa shape index (κ3) is 2.80. The second kappa shape index (κ2) is 5.09. The average Bonchev–Trinajstić information content (AvgIpc) is 2.28.